The van der Waals surface area contributed by atoms with E-state index < -0.39 is 23.7 Å². The molecule has 86 valence electrons. The molecule has 1 aromatic carbocycles. The first-order valence-electron chi connectivity index (χ1n) is 5.17. The zero-order valence-electron chi connectivity index (χ0n) is 8.70. The van der Waals surface area contributed by atoms with Gasteiger partial charge in [0.25, 0.3) is 0 Å². The Hall–Kier alpha value is -2.17. The van der Waals surface area contributed by atoms with E-state index in [1.807, 2.05) is 0 Å². The van der Waals surface area contributed by atoms with Gasteiger partial charge in [0, 0.05) is 17.1 Å². The number of esters is 2. The summed E-state index contributed by atoms with van der Waals surface area (Å²) in [6.07, 6.45) is 1.53. The second-order valence-electron chi connectivity index (χ2n) is 3.96. The van der Waals surface area contributed by atoms with Crippen molar-refractivity contribution in [2.75, 3.05) is 0 Å². The van der Waals surface area contributed by atoms with Gasteiger partial charge < -0.3 is 9.72 Å². The molecule has 1 aliphatic rings. The van der Waals surface area contributed by atoms with Gasteiger partial charge in [-0.25, -0.2) is 4.39 Å². The van der Waals surface area contributed by atoms with Crippen molar-refractivity contribution in [3.8, 4) is 0 Å². The van der Waals surface area contributed by atoms with Crippen molar-refractivity contribution in [1.82, 2.24) is 4.98 Å². The van der Waals surface area contributed by atoms with E-state index >= 15 is 0 Å². The van der Waals surface area contributed by atoms with Crippen LogP contribution < -0.4 is 0 Å². The van der Waals surface area contributed by atoms with E-state index in [2.05, 4.69) is 9.72 Å². The van der Waals surface area contributed by atoms with Crippen molar-refractivity contribution in [3.05, 3.63) is 35.8 Å². The van der Waals surface area contributed by atoms with Crippen LogP contribution in [0.4, 0.5) is 4.39 Å². The van der Waals surface area contributed by atoms with Gasteiger partial charge in [-0.15, -0.1) is 0 Å². The maximum atomic E-state index is 13.7. The molecule has 1 unspecified atom stereocenters. The second kappa shape index (κ2) is 3.41. The molecule has 4 nitrogen and oxygen atoms in total. The second-order valence-corrected chi connectivity index (χ2v) is 3.96. The third kappa shape index (κ3) is 1.43. The predicted octanol–water partition coefficient (Wildman–Crippen LogP) is 1.86. The molecule has 2 heterocycles. The molecule has 3 rings (SSSR count). The number of carbonyl (C=O) groups is 2. The fourth-order valence-corrected chi connectivity index (χ4v) is 2.15. The topological polar surface area (TPSA) is 59.2 Å². The van der Waals surface area contributed by atoms with E-state index in [0.717, 1.165) is 0 Å². The van der Waals surface area contributed by atoms with Crippen molar-refractivity contribution >= 4 is 22.8 Å². The summed E-state index contributed by atoms with van der Waals surface area (Å²) < 4.78 is 18.2. The Labute approximate surface area is 95.4 Å². The van der Waals surface area contributed by atoms with Crippen molar-refractivity contribution < 1.29 is 18.7 Å². The molecule has 1 saturated heterocycles. The van der Waals surface area contributed by atoms with Crippen LogP contribution in [-0.4, -0.2) is 16.9 Å². The lowest BCUT2D eigenvalue weighted by molar-refractivity contribution is -0.152. The third-order valence-electron chi connectivity index (χ3n) is 2.93. The number of benzene rings is 1. The van der Waals surface area contributed by atoms with Gasteiger partial charge in [-0.1, -0.05) is 6.07 Å². The first kappa shape index (κ1) is 10.0. The Morgan fingerprint density at radius 3 is 2.88 bits per heavy atom. The number of nitrogens with one attached hydrogen (secondary N) is 1. The summed E-state index contributed by atoms with van der Waals surface area (Å²) in [4.78, 5) is 25.4. The quantitative estimate of drug-likeness (QED) is 0.604. The summed E-state index contributed by atoms with van der Waals surface area (Å²) >= 11 is 0. The molecule has 5 heteroatoms. The average molecular weight is 233 g/mol. The van der Waals surface area contributed by atoms with Crippen LogP contribution >= 0.6 is 0 Å². The smallest absolute Gasteiger partial charge is 0.321 e. The number of H-pyrrole nitrogens is 1. The molecule has 17 heavy (non-hydrogen) atoms. The summed E-state index contributed by atoms with van der Waals surface area (Å²) in [6, 6.07) is 4.61. The fraction of sp³-hybridized carbons (Fsp3) is 0.167. The number of hydrogen-bond donors (Lipinski definition) is 1. The van der Waals surface area contributed by atoms with Gasteiger partial charge in [0.1, 0.15) is 5.82 Å². The molecule has 1 fully saturated rings. The van der Waals surface area contributed by atoms with E-state index in [1.54, 1.807) is 18.3 Å². The minimum absolute atomic E-state index is 0.0277. The Morgan fingerprint density at radius 2 is 2.18 bits per heavy atom. The normalized spacial score (nSPS) is 19.9. The van der Waals surface area contributed by atoms with Crippen LogP contribution in [0.5, 0.6) is 0 Å². The number of halogens is 1. The molecule has 0 aliphatic carbocycles. The summed E-state index contributed by atoms with van der Waals surface area (Å²) in [5.74, 6) is -2.29. The number of rotatable bonds is 1. The number of fused-ring (bicyclic) bond motifs is 1. The summed E-state index contributed by atoms with van der Waals surface area (Å²) in [5, 5.41) is 0.351. The fourth-order valence-electron chi connectivity index (χ4n) is 2.15. The maximum Gasteiger partial charge on any atom is 0.321 e. The monoisotopic (exact) mass is 233 g/mol. The zero-order valence-corrected chi connectivity index (χ0v) is 8.70. The summed E-state index contributed by atoms with van der Waals surface area (Å²) in [5.41, 5.74) is 1.08. The van der Waals surface area contributed by atoms with Gasteiger partial charge in [-0.3, -0.25) is 9.59 Å². The Kier molecular flexibility index (Phi) is 2.01. The molecule has 0 bridgehead atoms. The molecule has 1 N–H and O–H groups in total. The van der Waals surface area contributed by atoms with E-state index in [9.17, 15) is 14.0 Å². The van der Waals surface area contributed by atoms with Crippen molar-refractivity contribution in [3.63, 3.8) is 0 Å². The highest BCUT2D eigenvalue weighted by molar-refractivity contribution is 6.00. The Balaban J connectivity index is 2.18. The number of hydrogen-bond acceptors (Lipinski definition) is 3. The Morgan fingerprint density at radius 1 is 1.35 bits per heavy atom. The van der Waals surface area contributed by atoms with E-state index in [0.29, 0.717) is 16.5 Å². The maximum absolute atomic E-state index is 13.7. The molecule has 1 aliphatic heterocycles. The molecule has 0 amide bonds. The largest absolute Gasteiger partial charge is 0.393 e. The van der Waals surface area contributed by atoms with Crippen LogP contribution in [-0.2, 0) is 14.3 Å². The van der Waals surface area contributed by atoms with E-state index in [-0.39, 0.29) is 6.42 Å². The lowest BCUT2D eigenvalue weighted by atomic mass is 9.97. The lowest BCUT2D eigenvalue weighted by Crippen LogP contribution is -2.05. The number of ether oxygens (including phenoxy) is 1. The predicted molar refractivity (Wildman–Crippen MR) is 56.7 cm³/mol. The number of cyclic esters (lactones) is 2. The molecule has 1 atom stereocenters. The molecule has 0 radical (unpaired) electrons. The van der Waals surface area contributed by atoms with Crippen LogP contribution in [0.2, 0.25) is 0 Å². The summed E-state index contributed by atoms with van der Waals surface area (Å²) in [7, 11) is 0. The van der Waals surface area contributed by atoms with Gasteiger partial charge in [0.2, 0.25) is 0 Å². The number of aromatic nitrogens is 1. The molecular formula is C12H8FNO3. The van der Waals surface area contributed by atoms with Crippen LogP contribution in [0.3, 0.4) is 0 Å². The zero-order chi connectivity index (χ0) is 12.0. The number of carbonyl (C=O) groups excluding carboxylic acids is 2. The molecular weight excluding hydrogens is 225 g/mol. The van der Waals surface area contributed by atoms with Crippen LogP contribution in [0.15, 0.2) is 24.4 Å². The standard InChI is InChI=1S/C12H8FNO3/c13-8-2-1-3-9-11(8)7(5-14-9)6-4-10(15)17-12(6)16/h1-3,5-6,14H,4H2. The molecule has 1 aromatic heterocycles. The summed E-state index contributed by atoms with van der Waals surface area (Å²) in [6.45, 7) is 0. The number of aromatic amines is 1. The van der Waals surface area contributed by atoms with Gasteiger partial charge >= 0.3 is 11.9 Å². The van der Waals surface area contributed by atoms with Crippen molar-refractivity contribution in [2.24, 2.45) is 0 Å². The van der Waals surface area contributed by atoms with Crippen LogP contribution in [0.25, 0.3) is 10.9 Å². The lowest BCUT2D eigenvalue weighted by Gasteiger charge is -2.02. The van der Waals surface area contributed by atoms with Crippen LogP contribution in [0.1, 0.15) is 17.9 Å². The highest BCUT2D eigenvalue weighted by atomic mass is 19.1. The van der Waals surface area contributed by atoms with E-state index in [4.69, 9.17) is 0 Å². The molecule has 2 aromatic rings. The molecule has 0 spiro atoms. The van der Waals surface area contributed by atoms with Gasteiger partial charge in [0.05, 0.1) is 12.3 Å². The van der Waals surface area contributed by atoms with Gasteiger partial charge in [-0.2, -0.15) is 0 Å². The van der Waals surface area contributed by atoms with Gasteiger partial charge in [-0.05, 0) is 17.7 Å². The van der Waals surface area contributed by atoms with Crippen molar-refractivity contribution in [1.29, 1.82) is 0 Å². The van der Waals surface area contributed by atoms with Crippen molar-refractivity contribution in [2.45, 2.75) is 12.3 Å². The highest BCUT2D eigenvalue weighted by Crippen LogP contribution is 2.33. The minimum Gasteiger partial charge on any atom is -0.393 e. The third-order valence-corrected chi connectivity index (χ3v) is 2.93. The van der Waals surface area contributed by atoms with E-state index in [1.165, 1.54) is 6.07 Å². The first-order chi connectivity index (χ1) is 8.16. The molecule has 0 saturated carbocycles. The Bertz CT molecular complexity index is 632. The van der Waals surface area contributed by atoms with Crippen LogP contribution in [0, 0.1) is 5.82 Å². The van der Waals surface area contributed by atoms with Gasteiger partial charge in [0.15, 0.2) is 0 Å². The minimum atomic E-state index is -0.701. The first-order valence-corrected chi connectivity index (χ1v) is 5.17. The highest BCUT2D eigenvalue weighted by Gasteiger charge is 2.36. The SMILES string of the molecule is O=C1CC(c2c[nH]c3cccc(F)c23)C(=O)O1. The average Bonchev–Trinajstić information content (AvgIpc) is 2.83.